The fourth-order valence-corrected chi connectivity index (χ4v) is 5.08. The molecule has 0 bridgehead atoms. The van der Waals surface area contributed by atoms with Gasteiger partial charge in [-0.3, -0.25) is 38.8 Å². The van der Waals surface area contributed by atoms with Crippen molar-refractivity contribution >= 4 is 23.9 Å². The van der Waals surface area contributed by atoms with Crippen LogP contribution in [-0.4, -0.2) is 138 Å². The fraction of sp³-hybridized carbons (Fsp3) is 0.722. The Labute approximate surface area is 288 Å². The summed E-state index contributed by atoms with van der Waals surface area (Å²) in [4.78, 5) is 60.0. The predicted octanol–water partition coefficient (Wildman–Crippen LogP) is 3.37. The third-order valence-electron chi connectivity index (χ3n) is 7.30. The van der Waals surface area contributed by atoms with Crippen LogP contribution in [0.4, 0.5) is 0 Å². The second-order valence-corrected chi connectivity index (χ2v) is 15.4. The number of esters is 4. The van der Waals surface area contributed by atoms with Crippen LogP contribution in [0, 0.1) is 0 Å². The first-order valence-corrected chi connectivity index (χ1v) is 17.0. The van der Waals surface area contributed by atoms with Crippen molar-refractivity contribution in [1.29, 1.82) is 0 Å². The molecular weight excluding hydrogens is 616 g/mol. The van der Waals surface area contributed by atoms with Crippen LogP contribution in [-0.2, 0) is 44.7 Å². The highest BCUT2D eigenvalue weighted by Crippen LogP contribution is 2.13. The molecule has 0 radical (unpaired) electrons. The predicted molar refractivity (Wildman–Crippen MR) is 184 cm³/mol. The lowest BCUT2D eigenvalue weighted by molar-refractivity contribution is -0.159. The first-order chi connectivity index (χ1) is 22.2. The van der Waals surface area contributed by atoms with Crippen LogP contribution in [0.25, 0.3) is 0 Å². The second-order valence-electron chi connectivity index (χ2n) is 15.4. The Bertz CT molecular complexity index is 1130. The number of carbonyl (C=O) groups is 4. The van der Waals surface area contributed by atoms with Crippen LogP contribution in [0.2, 0.25) is 0 Å². The maximum atomic E-state index is 13.3. The number of hydrogen-bond donors (Lipinski definition) is 0. The maximum Gasteiger partial charge on any atom is 0.323 e. The summed E-state index contributed by atoms with van der Waals surface area (Å²) in [6.45, 7) is 22.3. The average Bonchev–Trinajstić information content (AvgIpc) is 2.93. The second kappa shape index (κ2) is 18.6. The molecule has 0 amide bonds. The summed E-state index contributed by atoms with van der Waals surface area (Å²) in [5.41, 5.74) is -0.993. The summed E-state index contributed by atoms with van der Waals surface area (Å²) in [5, 5.41) is 0. The summed E-state index contributed by atoms with van der Waals surface area (Å²) >= 11 is 0. The van der Waals surface area contributed by atoms with Crippen molar-refractivity contribution in [2.45, 2.75) is 98.7 Å². The Balaban J connectivity index is 2.31. The van der Waals surface area contributed by atoms with E-state index in [1.54, 1.807) is 0 Å². The van der Waals surface area contributed by atoms with Gasteiger partial charge in [-0.2, -0.15) is 0 Å². The van der Waals surface area contributed by atoms with Gasteiger partial charge in [-0.25, -0.2) is 0 Å². The van der Waals surface area contributed by atoms with Crippen molar-refractivity contribution in [3.05, 3.63) is 35.9 Å². The summed E-state index contributed by atoms with van der Waals surface area (Å²) in [6, 6.07) is 8.94. The van der Waals surface area contributed by atoms with Gasteiger partial charge in [0.2, 0.25) is 0 Å². The number of benzene rings is 1. The Morgan fingerprint density at radius 2 is 0.917 bits per heavy atom. The van der Waals surface area contributed by atoms with Gasteiger partial charge in [0.1, 0.15) is 29.5 Å². The van der Waals surface area contributed by atoms with E-state index < -0.39 is 22.8 Å². The number of ether oxygens (including phenoxy) is 4. The van der Waals surface area contributed by atoms with E-state index in [1.807, 2.05) is 119 Å². The standard InChI is InChI=1S/C36H60N4O8/c1-28(33(44)45-27-29-14-12-11-13-15-29)40-22-20-38(25-31(42)47-35(5,6)7)18-16-37(24-30(41)46-34(2,3)4)17-19-39(21-23-40)26-32(43)48-36(8,9)10/h11-15,28H,16-27H2,1-10H3/t28-/m0/s1. The molecule has 1 aromatic carbocycles. The molecule has 1 atom stereocenters. The quantitative estimate of drug-likeness (QED) is 0.267. The fourth-order valence-electron chi connectivity index (χ4n) is 5.08. The van der Waals surface area contributed by atoms with E-state index in [0.717, 1.165) is 5.56 Å². The van der Waals surface area contributed by atoms with Gasteiger partial charge in [-0.15, -0.1) is 0 Å². The van der Waals surface area contributed by atoms with Crippen LogP contribution in [0.15, 0.2) is 30.3 Å². The van der Waals surface area contributed by atoms with Gasteiger partial charge < -0.3 is 18.9 Å². The maximum absolute atomic E-state index is 13.3. The molecule has 0 aromatic heterocycles. The molecule has 1 heterocycles. The smallest absolute Gasteiger partial charge is 0.323 e. The largest absolute Gasteiger partial charge is 0.460 e. The molecule has 0 spiro atoms. The van der Waals surface area contributed by atoms with Gasteiger partial charge in [-0.1, -0.05) is 30.3 Å². The van der Waals surface area contributed by atoms with Crippen molar-refractivity contribution in [2.75, 3.05) is 72.0 Å². The first kappa shape index (κ1) is 41.1. The number of hydrogen-bond acceptors (Lipinski definition) is 12. The molecule has 1 aromatic rings. The minimum absolute atomic E-state index is 0.0585. The minimum Gasteiger partial charge on any atom is -0.460 e. The van der Waals surface area contributed by atoms with Crippen molar-refractivity contribution in [1.82, 2.24) is 19.6 Å². The highest BCUT2D eigenvalue weighted by molar-refractivity contribution is 5.75. The lowest BCUT2D eigenvalue weighted by Crippen LogP contribution is -2.52. The zero-order chi connectivity index (χ0) is 36.1. The first-order valence-electron chi connectivity index (χ1n) is 17.0. The van der Waals surface area contributed by atoms with Crippen molar-refractivity contribution in [2.24, 2.45) is 0 Å². The van der Waals surface area contributed by atoms with Gasteiger partial charge in [0, 0.05) is 52.4 Å². The third-order valence-corrected chi connectivity index (χ3v) is 7.30. The molecule has 1 saturated heterocycles. The number of rotatable bonds is 10. The van der Waals surface area contributed by atoms with Gasteiger partial charge >= 0.3 is 23.9 Å². The molecule has 12 nitrogen and oxygen atoms in total. The molecule has 1 aliphatic heterocycles. The molecule has 2 rings (SSSR count). The number of carbonyl (C=O) groups excluding carboxylic acids is 4. The summed E-state index contributed by atoms with van der Waals surface area (Å²) in [7, 11) is 0. The molecule has 12 heteroatoms. The SMILES string of the molecule is C[C@@H](C(=O)OCc1ccccc1)N1CCN(CC(=O)OC(C)(C)C)CCN(CC(=O)OC(C)(C)C)CCN(CC(=O)OC(C)(C)C)CC1. The Morgan fingerprint density at radius 1 is 0.583 bits per heavy atom. The van der Waals surface area contributed by atoms with Crippen LogP contribution < -0.4 is 0 Å². The molecule has 48 heavy (non-hydrogen) atoms. The van der Waals surface area contributed by atoms with E-state index in [1.165, 1.54) is 0 Å². The molecule has 0 saturated carbocycles. The Hall–Kier alpha value is -3.06. The van der Waals surface area contributed by atoms with Crippen LogP contribution >= 0.6 is 0 Å². The monoisotopic (exact) mass is 676 g/mol. The van der Waals surface area contributed by atoms with Crippen molar-refractivity contribution in [3.8, 4) is 0 Å². The summed E-state index contributed by atoms with van der Waals surface area (Å²) in [6.07, 6.45) is 0. The van der Waals surface area contributed by atoms with Gasteiger partial charge in [-0.05, 0) is 74.8 Å². The van der Waals surface area contributed by atoms with Crippen LogP contribution in [0.1, 0.15) is 74.8 Å². The van der Waals surface area contributed by atoms with E-state index in [0.29, 0.717) is 52.4 Å². The van der Waals surface area contributed by atoms with Crippen LogP contribution in [0.3, 0.4) is 0 Å². The normalized spacial score (nSPS) is 17.8. The highest BCUT2D eigenvalue weighted by atomic mass is 16.6. The zero-order valence-electron chi connectivity index (χ0n) is 31.0. The molecule has 272 valence electrons. The topological polar surface area (TPSA) is 118 Å². The van der Waals surface area contributed by atoms with E-state index in [9.17, 15) is 19.2 Å². The molecular formula is C36H60N4O8. The lowest BCUT2D eigenvalue weighted by atomic mass is 10.2. The van der Waals surface area contributed by atoms with E-state index in [4.69, 9.17) is 18.9 Å². The molecule has 1 aliphatic rings. The van der Waals surface area contributed by atoms with Crippen molar-refractivity contribution in [3.63, 3.8) is 0 Å². The van der Waals surface area contributed by atoms with Gasteiger partial charge in [0.15, 0.2) is 0 Å². The van der Waals surface area contributed by atoms with Gasteiger partial charge in [0.25, 0.3) is 0 Å². The van der Waals surface area contributed by atoms with Gasteiger partial charge in [0.05, 0.1) is 19.6 Å². The average molecular weight is 677 g/mol. The van der Waals surface area contributed by atoms with E-state index in [-0.39, 0.29) is 50.1 Å². The Morgan fingerprint density at radius 3 is 1.25 bits per heavy atom. The zero-order valence-corrected chi connectivity index (χ0v) is 31.0. The number of nitrogens with zero attached hydrogens (tertiary/aromatic N) is 4. The molecule has 0 unspecified atom stereocenters. The van der Waals surface area contributed by atoms with Crippen LogP contribution in [0.5, 0.6) is 0 Å². The Kier molecular flexibility index (Phi) is 16.0. The summed E-state index contributed by atoms with van der Waals surface area (Å²) < 4.78 is 22.5. The minimum atomic E-state index is -0.632. The van der Waals surface area contributed by atoms with Crippen molar-refractivity contribution < 1.29 is 38.1 Å². The molecule has 0 aliphatic carbocycles. The molecule has 1 fully saturated rings. The lowest BCUT2D eigenvalue weighted by Gasteiger charge is -2.35. The third kappa shape index (κ3) is 17.9. The highest BCUT2D eigenvalue weighted by Gasteiger charge is 2.28. The van der Waals surface area contributed by atoms with E-state index in [2.05, 4.69) is 0 Å². The summed E-state index contributed by atoms with van der Waals surface area (Å²) in [5.74, 6) is -1.40. The molecule has 0 N–H and O–H groups in total. The van der Waals surface area contributed by atoms with E-state index >= 15 is 0 Å².